The molecule has 0 saturated carbocycles. The largest absolute Gasteiger partial charge is 0.501 e. The third kappa shape index (κ3) is 23.2. The second-order valence-electron chi connectivity index (χ2n) is 16.7. The first-order chi connectivity index (χ1) is 23.3. The smallest absolute Gasteiger partial charge is 0.396 e. The molecule has 11 heteroatoms. The van der Waals surface area contributed by atoms with E-state index in [0.717, 1.165) is 24.0 Å². The molecule has 0 rings (SSSR count). The van der Waals surface area contributed by atoms with Crippen molar-refractivity contribution in [3.05, 3.63) is 0 Å². The van der Waals surface area contributed by atoms with Gasteiger partial charge in [-0.3, -0.25) is 0 Å². The lowest BCUT2D eigenvalue weighted by Crippen LogP contribution is -2.53. The highest BCUT2D eigenvalue weighted by Gasteiger charge is 2.46. The number of quaternary nitrogens is 1. The van der Waals surface area contributed by atoms with Crippen LogP contribution >= 0.6 is 0 Å². The van der Waals surface area contributed by atoms with E-state index in [2.05, 4.69) is 21.0 Å². The number of unbranched alkanes of at least 4 members (excludes halogenated alkanes) is 15. The Balaban J connectivity index is 4.95. The minimum absolute atomic E-state index is 0.0202. The zero-order chi connectivity index (χ0) is 37.1. The van der Waals surface area contributed by atoms with Crippen molar-refractivity contribution < 1.29 is 48.4 Å². The van der Waals surface area contributed by atoms with Crippen molar-refractivity contribution in [3.8, 4) is 0 Å². The van der Waals surface area contributed by atoms with E-state index >= 15 is 0 Å². The van der Waals surface area contributed by atoms with E-state index in [4.69, 9.17) is 13.3 Å². The van der Waals surface area contributed by atoms with Gasteiger partial charge in [0.15, 0.2) is 0 Å². The molecule has 0 spiro atoms. The standard InChI is InChI=1S/C38H82NO9Si/c1-7-8-9-10-11-12-13-14-15-16-17-18-19-20-21-22-24-39(5,6)25-23-26-49(46-33-36(2,27-40)28-41,47-34-37(3,29-42)30-43)48-35-38(4,31-44)32-45/h40-45H,7-35H2,1-6H3/q+1. The molecule has 0 heterocycles. The predicted octanol–water partition coefficient (Wildman–Crippen LogP) is 5.68. The summed E-state index contributed by atoms with van der Waals surface area (Å²) in [4.78, 5) is 0. The van der Waals surface area contributed by atoms with Crippen molar-refractivity contribution in [2.24, 2.45) is 16.2 Å². The van der Waals surface area contributed by atoms with Gasteiger partial charge in [-0.15, -0.1) is 0 Å². The number of aliphatic hydroxyl groups excluding tert-OH is 6. The van der Waals surface area contributed by atoms with Crippen LogP contribution < -0.4 is 0 Å². The van der Waals surface area contributed by atoms with Crippen LogP contribution in [0.1, 0.15) is 137 Å². The summed E-state index contributed by atoms with van der Waals surface area (Å²) in [6.07, 6.45) is 22.3. The molecule has 0 aliphatic rings. The summed E-state index contributed by atoms with van der Waals surface area (Å²) in [6.45, 7) is 7.47. The van der Waals surface area contributed by atoms with Gasteiger partial charge in [-0.2, -0.15) is 0 Å². The van der Waals surface area contributed by atoms with Gasteiger partial charge in [-0.05, 0) is 12.8 Å². The van der Waals surface area contributed by atoms with Crippen LogP contribution in [0, 0.1) is 16.2 Å². The van der Waals surface area contributed by atoms with Crippen LogP contribution in [0.25, 0.3) is 0 Å². The second-order valence-corrected chi connectivity index (χ2v) is 19.5. The molecule has 296 valence electrons. The van der Waals surface area contributed by atoms with Gasteiger partial charge in [0.05, 0.1) is 66.8 Å². The van der Waals surface area contributed by atoms with Gasteiger partial charge in [0, 0.05) is 48.5 Å². The molecule has 0 bridgehead atoms. The minimum Gasteiger partial charge on any atom is -0.396 e. The summed E-state index contributed by atoms with van der Waals surface area (Å²) >= 11 is 0. The van der Waals surface area contributed by atoms with Crippen LogP contribution in [0.2, 0.25) is 6.04 Å². The number of nitrogens with zero attached hydrogens (tertiary/aromatic N) is 1. The van der Waals surface area contributed by atoms with Crippen molar-refractivity contribution >= 4 is 8.80 Å². The fraction of sp³-hybridized carbons (Fsp3) is 1.00. The first-order valence-electron chi connectivity index (χ1n) is 19.6. The first-order valence-corrected chi connectivity index (χ1v) is 21.6. The number of rotatable bonds is 36. The highest BCUT2D eigenvalue weighted by molar-refractivity contribution is 6.60. The summed E-state index contributed by atoms with van der Waals surface area (Å²) < 4.78 is 20.0. The lowest BCUT2D eigenvalue weighted by molar-refractivity contribution is -0.890. The van der Waals surface area contributed by atoms with Crippen LogP contribution in [0.4, 0.5) is 0 Å². The summed E-state index contributed by atoms with van der Waals surface area (Å²) in [7, 11) is 0.886. The minimum atomic E-state index is -3.58. The van der Waals surface area contributed by atoms with Crippen molar-refractivity contribution in [2.45, 2.75) is 143 Å². The molecule has 0 aromatic heterocycles. The van der Waals surface area contributed by atoms with E-state index in [9.17, 15) is 30.6 Å². The summed E-state index contributed by atoms with van der Waals surface area (Å²) in [5.41, 5.74) is -2.79. The van der Waals surface area contributed by atoms with Gasteiger partial charge < -0.3 is 48.4 Å². The van der Waals surface area contributed by atoms with Crippen LogP contribution in [0.5, 0.6) is 0 Å². The Labute approximate surface area is 302 Å². The van der Waals surface area contributed by atoms with E-state index in [-0.39, 0.29) is 59.5 Å². The van der Waals surface area contributed by atoms with Gasteiger partial charge in [0.25, 0.3) is 0 Å². The molecule has 0 aliphatic heterocycles. The molecule has 0 atom stereocenters. The Bertz CT molecular complexity index is 706. The average molecular weight is 725 g/mol. The van der Waals surface area contributed by atoms with Gasteiger partial charge >= 0.3 is 8.80 Å². The van der Waals surface area contributed by atoms with Gasteiger partial charge in [-0.1, -0.05) is 118 Å². The number of aliphatic hydroxyl groups is 6. The highest BCUT2D eigenvalue weighted by atomic mass is 28.4. The van der Waals surface area contributed by atoms with Crippen LogP contribution in [0.3, 0.4) is 0 Å². The molecule has 0 fully saturated rings. The van der Waals surface area contributed by atoms with Gasteiger partial charge in [-0.25, -0.2) is 0 Å². The SMILES string of the molecule is CCCCCCCCCCCCCCCCCC[N+](C)(C)CCC[Si](OCC(C)(CO)CO)(OCC(C)(CO)CO)OCC(C)(CO)CO. The maximum absolute atomic E-state index is 9.93. The molecule has 0 unspecified atom stereocenters. The summed E-state index contributed by atoms with van der Waals surface area (Å²) in [6, 6.07) is 0.431. The zero-order valence-electron chi connectivity index (χ0n) is 32.9. The number of hydrogen-bond acceptors (Lipinski definition) is 9. The molecule has 0 aromatic carbocycles. The first kappa shape index (κ1) is 48.8. The Kier molecular flexibility index (Phi) is 27.3. The predicted molar refractivity (Wildman–Crippen MR) is 201 cm³/mol. The molecule has 0 amide bonds. The molecular weight excluding hydrogens is 643 g/mol. The molecule has 6 N–H and O–H groups in total. The second kappa shape index (κ2) is 27.4. The third-order valence-corrected chi connectivity index (χ3v) is 12.8. The Morgan fingerprint density at radius 3 is 0.980 bits per heavy atom. The Morgan fingerprint density at radius 1 is 0.429 bits per heavy atom. The quantitative estimate of drug-likeness (QED) is 0.0273. The Hall–Kier alpha value is -0.183. The van der Waals surface area contributed by atoms with Crippen LogP contribution in [0.15, 0.2) is 0 Å². The molecule has 10 nitrogen and oxygen atoms in total. The zero-order valence-corrected chi connectivity index (χ0v) is 33.9. The Morgan fingerprint density at radius 2 is 0.694 bits per heavy atom. The summed E-state index contributed by atoms with van der Waals surface area (Å²) in [5, 5.41) is 59.6. The highest BCUT2D eigenvalue weighted by Crippen LogP contribution is 2.29. The van der Waals surface area contributed by atoms with E-state index in [0.29, 0.717) is 6.04 Å². The van der Waals surface area contributed by atoms with E-state index in [1.807, 2.05) is 0 Å². The van der Waals surface area contributed by atoms with E-state index in [1.54, 1.807) is 20.8 Å². The molecule has 0 aliphatic carbocycles. The summed E-state index contributed by atoms with van der Waals surface area (Å²) in [5.74, 6) is 0. The van der Waals surface area contributed by atoms with Crippen molar-refractivity contribution in [2.75, 3.05) is 86.6 Å². The van der Waals surface area contributed by atoms with E-state index in [1.165, 1.54) is 103 Å². The van der Waals surface area contributed by atoms with Crippen molar-refractivity contribution in [1.29, 1.82) is 0 Å². The van der Waals surface area contributed by atoms with E-state index < -0.39 is 25.0 Å². The lowest BCUT2D eigenvalue weighted by Gasteiger charge is -2.39. The average Bonchev–Trinajstić information content (AvgIpc) is 3.11. The fourth-order valence-electron chi connectivity index (χ4n) is 5.54. The van der Waals surface area contributed by atoms with Crippen LogP contribution in [-0.2, 0) is 13.3 Å². The lowest BCUT2D eigenvalue weighted by atomic mass is 9.95. The van der Waals surface area contributed by atoms with Crippen molar-refractivity contribution in [1.82, 2.24) is 0 Å². The fourth-order valence-corrected chi connectivity index (χ4v) is 8.52. The molecule has 49 heavy (non-hydrogen) atoms. The monoisotopic (exact) mass is 725 g/mol. The number of hydrogen-bond donors (Lipinski definition) is 6. The molecule has 0 aromatic rings. The topological polar surface area (TPSA) is 149 Å². The maximum atomic E-state index is 9.93. The van der Waals surface area contributed by atoms with Gasteiger partial charge in [0.2, 0.25) is 0 Å². The third-order valence-electron chi connectivity index (χ3n) is 10.1. The van der Waals surface area contributed by atoms with Gasteiger partial charge in [0.1, 0.15) is 0 Å². The molecule has 0 radical (unpaired) electrons. The van der Waals surface area contributed by atoms with Crippen molar-refractivity contribution in [3.63, 3.8) is 0 Å². The normalized spacial score (nSPS) is 13.5. The molecule has 0 saturated heterocycles. The molecular formula is C38H82NO9Si+. The maximum Gasteiger partial charge on any atom is 0.501 e. The van der Waals surface area contributed by atoms with Crippen LogP contribution in [-0.4, -0.2) is 131 Å².